The second-order valence-electron chi connectivity index (χ2n) is 5.44. The maximum Gasteiger partial charge on any atom is 0.326 e. The average molecular weight is 310 g/mol. The van der Waals surface area contributed by atoms with Gasteiger partial charge in [-0.05, 0) is 36.6 Å². The van der Waals surface area contributed by atoms with Crippen molar-refractivity contribution >= 4 is 23.4 Å². The maximum atomic E-state index is 12.6. The van der Waals surface area contributed by atoms with Crippen molar-refractivity contribution in [2.75, 3.05) is 16.8 Å². The first-order valence-corrected chi connectivity index (χ1v) is 7.58. The molecule has 118 valence electrons. The number of ether oxygens (including phenoxy) is 1. The van der Waals surface area contributed by atoms with E-state index in [9.17, 15) is 9.59 Å². The minimum atomic E-state index is -0.390. The van der Waals surface area contributed by atoms with Crippen molar-refractivity contribution in [3.05, 3.63) is 54.1 Å². The first-order valence-electron chi connectivity index (χ1n) is 7.58. The van der Waals surface area contributed by atoms with Crippen LogP contribution in [0.4, 0.5) is 16.2 Å². The summed E-state index contributed by atoms with van der Waals surface area (Å²) in [4.78, 5) is 25.3. The molecule has 1 N–H and O–H groups in total. The summed E-state index contributed by atoms with van der Waals surface area (Å²) in [6.45, 7) is 2.03. The number of esters is 1. The molecule has 1 heterocycles. The first-order chi connectivity index (χ1) is 11.1. The molecular weight excluding hydrogens is 292 g/mol. The van der Waals surface area contributed by atoms with Gasteiger partial charge < -0.3 is 10.1 Å². The second-order valence-corrected chi connectivity index (χ2v) is 5.44. The van der Waals surface area contributed by atoms with E-state index < -0.39 is 5.97 Å². The molecule has 0 aliphatic carbocycles. The van der Waals surface area contributed by atoms with Crippen molar-refractivity contribution in [2.45, 2.75) is 19.8 Å². The third kappa shape index (κ3) is 3.51. The zero-order valence-corrected chi connectivity index (χ0v) is 12.9. The lowest BCUT2D eigenvalue weighted by molar-refractivity contribution is -0.131. The number of hydrogen-bond donors (Lipinski definition) is 1. The Kier molecular flexibility index (Phi) is 4.28. The molecule has 5 heteroatoms. The van der Waals surface area contributed by atoms with E-state index in [0.29, 0.717) is 18.0 Å². The summed E-state index contributed by atoms with van der Waals surface area (Å²) in [5, 5.41) is 2.86. The van der Waals surface area contributed by atoms with E-state index in [0.717, 1.165) is 18.5 Å². The number of carbonyl (C=O) groups is 2. The number of nitrogens with one attached hydrogen (secondary N) is 1. The highest BCUT2D eigenvalue weighted by atomic mass is 16.5. The number of benzene rings is 2. The van der Waals surface area contributed by atoms with Crippen molar-refractivity contribution in [3.63, 3.8) is 0 Å². The fourth-order valence-electron chi connectivity index (χ4n) is 2.74. The van der Waals surface area contributed by atoms with E-state index in [2.05, 4.69) is 11.4 Å². The van der Waals surface area contributed by atoms with Crippen LogP contribution in [0.5, 0.6) is 5.75 Å². The van der Waals surface area contributed by atoms with Crippen LogP contribution in [0, 0.1) is 0 Å². The monoisotopic (exact) mass is 310 g/mol. The molecule has 0 unspecified atom stereocenters. The van der Waals surface area contributed by atoms with Crippen LogP contribution in [-0.2, 0) is 11.2 Å². The van der Waals surface area contributed by atoms with Crippen LogP contribution in [0.2, 0.25) is 0 Å². The smallest absolute Gasteiger partial charge is 0.326 e. The molecule has 2 aromatic carbocycles. The molecule has 0 fully saturated rings. The van der Waals surface area contributed by atoms with Crippen molar-refractivity contribution < 1.29 is 14.3 Å². The lowest BCUT2D eigenvalue weighted by Gasteiger charge is -2.29. The number of aryl methyl sites for hydroxylation is 1. The highest BCUT2D eigenvalue weighted by Crippen LogP contribution is 2.27. The van der Waals surface area contributed by atoms with Gasteiger partial charge in [0.15, 0.2) is 0 Å². The first kappa shape index (κ1) is 15.1. The van der Waals surface area contributed by atoms with Crippen LogP contribution in [0.25, 0.3) is 0 Å². The topological polar surface area (TPSA) is 58.6 Å². The Balaban J connectivity index is 1.76. The Morgan fingerprint density at radius 2 is 1.96 bits per heavy atom. The van der Waals surface area contributed by atoms with E-state index in [1.165, 1.54) is 12.5 Å². The predicted octanol–water partition coefficient (Wildman–Crippen LogP) is 3.60. The summed E-state index contributed by atoms with van der Waals surface area (Å²) in [5.74, 6) is 0.0211. The van der Waals surface area contributed by atoms with Crippen LogP contribution in [0.1, 0.15) is 18.9 Å². The minimum Gasteiger partial charge on any atom is -0.427 e. The molecule has 1 aliphatic heterocycles. The van der Waals surface area contributed by atoms with E-state index in [-0.39, 0.29) is 6.03 Å². The van der Waals surface area contributed by atoms with Gasteiger partial charge in [-0.1, -0.05) is 24.3 Å². The standard InChI is InChI=1S/C18H18N2O3/c1-13(21)23-16-9-4-8-15(12-16)19-18(22)20-11-5-7-14-6-2-3-10-17(14)20/h2-4,6,8-10,12H,5,7,11H2,1H3,(H,19,22). The van der Waals surface area contributed by atoms with Gasteiger partial charge in [0.05, 0.1) is 0 Å². The van der Waals surface area contributed by atoms with E-state index in [1.807, 2.05) is 18.2 Å². The minimum absolute atomic E-state index is 0.183. The maximum absolute atomic E-state index is 12.6. The summed E-state index contributed by atoms with van der Waals surface area (Å²) in [7, 11) is 0. The number of carbonyl (C=O) groups excluding carboxylic acids is 2. The van der Waals surface area contributed by atoms with Crippen molar-refractivity contribution in [2.24, 2.45) is 0 Å². The third-order valence-electron chi connectivity index (χ3n) is 3.70. The molecule has 0 spiro atoms. The average Bonchev–Trinajstić information content (AvgIpc) is 2.54. The highest BCUT2D eigenvalue weighted by Gasteiger charge is 2.22. The molecule has 0 atom stereocenters. The molecule has 0 saturated carbocycles. The van der Waals surface area contributed by atoms with Crippen molar-refractivity contribution in [1.82, 2.24) is 0 Å². The number of para-hydroxylation sites is 1. The SMILES string of the molecule is CC(=O)Oc1cccc(NC(=O)N2CCCc3ccccc32)c1. The Hall–Kier alpha value is -2.82. The lowest BCUT2D eigenvalue weighted by atomic mass is 10.0. The van der Waals surface area contributed by atoms with Crippen LogP contribution in [-0.4, -0.2) is 18.5 Å². The molecule has 0 bridgehead atoms. The molecule has 23 heavy (non-hydrogen) atoms. The highest BCUT2D eigenvalue weighted by molar-refractivity contribution is 6.02. The Bertz CT molecular complexity index is 743. The lowest BCUT2D eigenvalue weighted by Crippen LogP contribution is -2.38. The van der Waals surface area contributed by atoms with Crippen LogP contribution in [0.3, 0.4) is 0 Å². The second kappa shape index (κ2) is 6.52. The number of amides is 2. The Morgan fingerprint density at radius 1 is 1.13 bits per heavy atom. The molecule has 0 aromatic heterocycles. The summed E-state index contributed by atoms with van der Waals surface area (Å²) >= 11 is 0. The fraction of sp³-hybridized carbons (Fsp3) is 0.222. The fourth-order valence-corrected chi connectivity index (χ4v) is 2.74. The predicted molar refractivity (Wildman–Crippen MR) is 88.9 cm³/mol. The van der Waals surface area contributed by atoms with Gasteiger partial charge in [0.1, 0.15) is 5.75 Å². The molecule has 0 saturated heterocycles. The summed E-state index contributed by atoms with van der Waals surface area (Å²) in [6, 6.07) is 14.6. The quantitative estimate of drug-likeness (QED) is 0.681. The molecule has 3 rings (SSSR count). The van der Waals surface area contributed by atoms with Crippen LogP contribution >= 0.6 is 0 Å². The van der Waals surface area contributed by atoms with E-state index in [1.54, 1.807) is 29.2 Å². The molecule has 0 radical (unpaired) electrons. The van der Waals surface area contributed by atoms with Gasteiger partial charge >= 0.3 is 12.0 Å². The molecule has 2 amide bonds. The molecular formula is C18H18N2O3. The zero-order valence-electron chi connectivity index (χ0n) is 12.9. The normalized spacial score (nSPS) is 13.2. The Labute approximate surface area is 134 Å². The van der Waals surface area contributed by atoms with E-state index >= 15 is 0 Å². The summed E-state index contributed by atoms with van der Waals surface area (Å²) in [6.07, 6.45) is 1.93. The number of urea groups is 1. The number of fused-ring (bicyclic) bond motifs is 1. The van der Waals surface area contributed by atoms with Gasteiger partial charge in [0, 0.05) is 30.9 Å². The largest absolute Gasteiger partial charge is 0.427 e. The van der Waals surface area contributed by atoms with Gasteiger partial charge in [-0.25, -0.2) is 4.79 Å². The summed E-state index contributed by atoms with van der Waals surface area (Å²) in [5.41, 5.74) is 2.73. The van der Waals surface area contributed by atoms with Crippen LogP contribution in [0.15, 0.2) is 48.5 Å². The third-order valence-corrected chi connectivity index (χ3v) is 3.70. The number of nitrogens with zero attached hydrogens (tertiary/aromatic N) is 1. The number of anilines is 2. The van der Waals surface area contributed by atoms with E-state index in [4.69, 9.17) is 4.74 Å². The van der Waals surface area contributed by atoms with Crippen molar-refractivity contribution in [1.29, 1.82) is 0 Å². The zero-order chi connectivity index (χ0) is 16.2. The summed E-state index contributed by atoms with van der Waals surface area (Å²) < 4.78 is 5.03. The van der Waals surface area contributed by atoms with Gasteiger partial charge in [0.2, 0.25) is 0 Å². The van der Waals surface area contributed by atoms with Gasteiger partial charge in [-0.3, -0.25) is 9.69 Å². The number of hydrogen-bond acceptors (Lipinski definition) is 3. The van der Waals surface area contributed by atoms with Gasteiger partial charge in [-0.2, -0.15) is 0 Å². The molecule has 5 nitrogen and oxygen atoms in total. The van der Waals surface area contributed by atoms with Gasteiger partial charge in [-0.15, -0.1) is 0 Å². The Morgan fingerprint density at radius 3 is 2.78 bits per heavy atom. The number of rotatable bonds is 2. The van der Waals surface area contributed by atoms with Crippen molar-refractivity contribution in [3.8, 4) is 5.75 Å². The van der Waals surface area contributed by atoms with Gasteiger partial charge in [0.25, 0.3) is 0 Å². The molecule has 2 aromatic rings. The molecule has 1 aliphatic rings. The van der Waals surface area contributed by atoms with Crippen LogP contribution < -0.4 is 15.0 Å².